The third kappa shape index (κ3) is 3.02. The van der Waals surface area contributed by atoms with Crippen LogP contribution in [0.25, 0.3) is 0 Å². The number of nitrogens with zero attached hydrogens (tertiary/aromatic N) is 2. The lowest BCUT2D eigenvalue weighted by Crippen LogP contribution is -2.13. The van der Waals surface area contributed by atoms with Crippen molar-refractivity contribution in [1.82, 2.24) is 4.90 Å². The van der Waals surface area contributed by atoms with E-state index in [0.717, 1.165) is 22.7 Å². The van der Waals surface area contributed by atoms with E-state index in [-0.39, 0.29) is 0 Å². The van der Waals surface area contributed by atoms with Gasteiger partial charge in [-0.3, -0.25) is 0 Å². The number of rotatable bonds is 2. The molecule has 1 aliphatic rings. The quantitative estimate of drug-likeness (QED) is 0.778. The molecule has 0 spiro atoms. The van der Waals surface area contributed by atoms with Gasteiger partial charge in [-0.25, -0.2) is 4.99 Å². The Morgan fingerprint density at radius 2 is 1.84 bits per heavy atom. The van der Waals surface area contributed by atoms with Crippen LogP contribution in [-0.2, 0) is 0 Å². The maximum absolute atomic E-state index is 4.70. The third-order valence-electron chi connectivity index (χ3n) is 3.17. The number of allylic oxidation sites excluding steroid dienone is 4. The average Bonchev–Trinajstić information content (AvgIpc) is 2.34. The predicted molar refractivity (Wildman–Crippen MR) is 83.1 cm³/mol. The van der Waals surface area contributed by atoms with Gasteiger partial charge in [0.1, 0.15) is 0 Å². The van der Waals surface area contributed by atoms with Gasteiger partial charge in [0.25, 0.3) is 0 Å². The molecular formula is C17H20N2. The molecule has 2 rings (SSSR count). The minimum atomic E-state index is 0.928. The van der Waals surface area contributed by atoms with Gasteiger partial charge in [-0.05, 0) is 49.3 Å². The van der Waals surface area contributed by atoms with Crippen LogP contribution < -0.4 is 0 Å². The van der Waals surface area contributed by atoms with Crippen LogP contribution in [0.15, 0.2) is 59.3 Å². The van der Waals surface area contributed by atoms with E-state index >= 15 is 0 Å². The Balaban J connectivity index is 2.32. The summed E-state index contributed by atoms with van der Waals surface area (Å²) in [5.41, 5.74) is 6.48. The molecule has 1 aromatic rings. The van der Waals surface area contributed by atoms with Crippen molar-refractivity contribution in [2.45, 2.75) is 13.8 Å². The van der Waals surface area contributed by atoms with Gasteiger partial charge >= 0.3 is 0 Å². The second-order valence-corrected chi connectivity index (χ2v) is 5.11. The molecule has 0 heterocycles. The molecule has 0 fully saturated rings. The van der Waals surface area contributed by atoms with Crippen molar-refractivity contribution in [3.8, 4) is 0 Å². The highest BCUT2D eigenvalue weighted by Gasteiger charge is 2.08. The van der Waals surface area contributed by atoms with Crippen molar-refractivity contribution < 1.29 is 0 Å². The maximum atomic E-state index is 4.70. The van der Waals surface area contributed by atoms with Gasteiger partial charge in [0.05, 0.1) is 11.4 Å². The topological polar surface area (TPSA) is 15.6 Å². The van der Waals surface area contributed by atoms with Crippen LogP contribution in [0.5, 0.6) is 0 Å². The summed E-state index contributed by atoms with van der Waals surface area (Å²) < 4.78 is 0. The maximum Gasteiger partial charge on any atom is 0.0704 e. The summed E-state index contributed by atoms with van der Waals surface area (Å²) in [6.07, 6.45) is 6.15. The molecule has 0 N–H and O–H groups in total. The second-order valence-electron chi connectivity index (χ2n) is 5.11. The highest BCUT2D eigenvalue weighted by molar-refractivity contribution is 6.12. The Labute approximate surface area is 115 Å². The van der Waals surface area contributed by atoms with Gasteiger partial charge in [0.2, 0.25) is 0 Å². The second kappa shape index (κ2) is 5.27. The van der Waals surface area contributed by atoms with E-state index in [9.17, 15) is 0 Å². The first kappa shape index (κ1) is 13.3. The molecule has 1 aliphatic carbocycles. The summed E-state index contributed by atoms with van der Waals surface area (Å²) in [6.45, 7) is 8.27. The Hall–Kier alpha value is -2.09. The fourth-order valence-electron chi connectivity index (χ4n) is 2.02. The smallest absolute Gasteiger partial charge is 0.0704 e. The molecular weight excluding hydrogens is 232 g/mol. The van der Waals surface area contributed by atoms with Crippen LogP contribution >= 0.6 is 0 Å². The van der Waals surface area contributed by atoms with Crippen molar-refractivity contribution in [2.75, 3.05) is 14.1 Å². The van der Waals surface area contributed by atoms with Crippen molar-refractivity contribution in [3.05, 3.63) is 65.4 Å². The minimum Gasteiger partial charge on any atom is -0.378 e. The van der Waals surface area contributed by atoms with Crippen molar-refractivity contribution in [3.63, 3.8) is 0 Å². The SMILES string of the molecule is C=C1C=C(N(C)C)C=C/C1=N/c1ccc(C)cc1C. The Bertz CT molecular complexity index is 602. The average molecular weight is 252 g/mol. The van der Waals surface area contributed by atoms with Crippen LogP contribution in [0.3, 0.4) is 0 Å². The Morgan fingerprint density at radius 1 is 1.11 bits per heavy atom. The van der Waals surface area contributed by atoms with E-state index in [1.165, 1.54) is 11.1 Å². The molecule has 0 aromatic heterocycles. The molecule has 0 aliphatic heterocycles. The molecule has 19 heavy (non-hydrogen) atoms. The van der Waals surface area contributed by atoms with Gasteiger partial charge in [0.15, 0.2) is 0 Å². The molecule has 1 aromatic carbocycles. The van der Waals surface area contributed by atoms with Crippen LogP contribution in [0.2, 0.25) is 0 Å². The Kier molecular flexibility index (Phi) is 3.70. The molecule has 98 valence electrons. The normalized spacial score (nSPS) is 16.7. The molecule has 0 atom stereocenters. The Morgan fingerprint density at radius 3 is 2.42 bits per heavy atom. The monoisotopic (exact) mass is 252 g/mol. The largest absolute Gasteiger partial charge is 0.378 e. The lowest BCUT2D eigenvalue weighted by molar-refractivity contribution is 0.529. The van der Waals surface area contributed by atoms with Gasteiger partial charge in [-0.15, -0.1) is 0 Å². The van der Waals surface area contributed by atoms with E-state index in [0.29, 0.717) is 0 Å². The lowest BCUT2D eigenvalue weighted by atomic mass is 10.0. The number of aliphatic imine (C=N–C) groups is 1. The zero-order valence-corrected chi connectivity index (χ0v) is 12.1. The fourth-order valence-corrected chi connectivity index (χ4v) is 2.02. The molecule has 0 radical (unpaired) electrons. The van der Waals surface area contributed by atoms with Crippen LogP contribution in [0.1, 0.15) is 11.1 Å². The van der Waals surface area contributed by atoms with Crippen molar-refractivity contribution in [1.29, 1.82) is 0 Å². The lowest BCUT2D eigenvalue weighted by Gasteiger charge is -2.18. The summed E-state index contributed by atoms with van der Waals surface area (Å²) >= 11 is 0. The van der Waals surface area contributed by atoms with Crippen LogP contribution in [-0.4, -0.2) is 24.7 Å². The molecule has 0 saturated heterocycles. The standard InChI is InChI=1S/C17H20N2/c1-12-6-8-16(13(2)10-12)18-17-9-7-15(19(4)5)11-14(17)3/h6-11H,3H2,1-2,4-5H3/b18-17-. The number of hydrogen-bond donors (Lipinski definition) is 0. The van der Waals surface area contributed by atoms with E-state index in [2.05, 4.69) is 55.7 Å². The molecule has 2 nitrogen and oxygen atoms in total. The summed E-state index contributed by atoms with van der Waals surface area (Å²) in [5, 5.41) is 0. The fraction of sp³-hybridized carbons (Fsp3) is 0.235. The first-order valence-electron chi connectivity index (χ1n) is 6.39. The number of benzene rings is 1. The molecule has 2 heteroatoms. The molecule has 0 amide bonds. The first-order valence-corrected chi connectivity index (χ1v) is 6.39. The minimum absolute atomic E-state index is 0.928. The van der Waals surface area contributed by atoms with Gasteiger partial charge < -0.3 is 4.90 Å². The number of likely N-dealkylation sites (N-methyl/N-ethyl adjacent to an activating group) is 1. The van der Waals surface area contributed by atoms with Gasteiger partial charge in [-0.2, -0.15) is 0 Å². The highest BCUT2D eigenvalue weighted by Crippen LogP contribution is 2.23. The molecule has 0 saturated carbocycles. The van der Waals surface area contributed by atoms with E-state index < -0.39 is 0 Å². The van der Waals surface area contributed by atoms with Gasteiger partial charge in [0, 0.05) is 19.8 Å². The molecule has 0 unspecified atom stereocenters. The number of aryl methyl sites for hydroxylation is 2. The van der Waals surface area contributed by atoms with Crippen LogP contribution in [0.4, 0.5) is 5.69 Å². The van der Waals surface area contributed by atoms with Crippen molar-refractivity contribution >= 4 is 11.4 Å². The summed E-state index contributed by atoms with van der Waals surface area (Å²) in [7, 11) is 4.05. The van der Waals surface area contributed by atoms with Crippen LogP contribution in [0, 0.1) is 13.8 Å². The third-order valence-corrected chi connectivity index (χ3v) is 3.17. The van der Waals surface area contributed by atoms with Gasteiger partial charge in [-0.1, -0.05) is 24.3 Å². The van der Waals surface area contributed by atoms with Crippen molar-refractivity contribution in [2.24, 2.45) is 4.99 Å². The number of hydrogen-bond acceptors (Lipinski definition) is 2. The summed E-state index contributed by atoms with van der Waals surface area (Å²) in [6, 6.07) is 6.29. The summed E-state index contributed by atoms with van der Waals surface area (Å²) in [5.74, 6) is 0. The molecule has 0 bridgehead atoms. The zero-order chi connectivity index (χ0) is 14.0. The zero-order valence-electron chi connectivity index (χ0n) is 12.1. The van der Waals surface area contributed by atoms with E-state index in [1.54, 1.807) is 0 Å². The first-order chi connectivity index (χ1) is 8.97. The predicted octanol–water partition coefficient (Wildman–Crippen LogP) is 3.95. The van der Waals surface area contributed by atoms with E-state index in [1.807, 2.05) is 20.2 Å². The van der Waals surface area contributed by atoms with E-state index in [4.69, 9.17) is 4.99 Å². The summed E-state index contributed by atoms with van der Waals surface area (Å²) in [4.78, 5) is 6.77. The highest BCUT2D eigenvalue weighted by atomic mass is 15.1.